The lowest BCUT2D eigenvalue weighted by atomic mass is 10.2. The second-order valence-corrected chi connectivity index (χ2v) is 3.55. The van der Waals surface area contributed by atoms with E-state index in [1.165, 1.54) is 0 Å². The fourth-order valence-corrected chi connectivity index (χ4v) is 1.85. The Labute approximate surface area is 82.1 Å². The van der Waals surface area contributed by atoms with Crippen LogP contribution in [0, 0.1) is 6.92 Å². The summed E-state index contributed by atoms with van der Waals surface area (Å²) in [6.45, 7) is 4.14. The van der Waals surface area contributed by atoms with Crippen LogP contribution < -0.4 is 0 Å². The number of nitrogens with zero attached hydrogens (tertiary/aromatic N) is 3. The van der Waals surface area contributed by atoms with Crippen LogP contribution in [0.1, 0.15) is 37.5 Å². The van der Waals surface area contributed by atoms with E-state index >= 15 is 0 Å². The Kier molecular flexibility index (Phi) is 2.23. The van der Waals surface area contributed by atoms with Gasteiger partial charge in [0.2, 0.25) is 11.8 Å². The summed E-state index contributed by atoms with van der Waals surface area (Å²) in [5.41, 5.74) is 0. The molecule has 0 spiro atoms. The molecule has 0 N–H and O–H groups in total. The van der Waals surface area contributed by atoms with Crippen LogP contribution in [0.3, 0.4) is 0 Å². The van der Waals surface area contributed by atoms with E-state index < -0.39 is 0 Å². The maximum atomic E-state index is 11.3. The van der Waals surface area contributed by atoms with Gasteiger partial charge in [-0.2, -0.15) is 4.98 Å². The predicted molar refractivity (Wildman–Crippen MR) is 48.4 cm³/mol. The first kappa shape index (κ1) is 9.18. The van der Waals surface area contributed by atoms with E-state index in [9.17, 15) is 4.79 Å². The van der Waals surface area contributed by atoms with Crippen molar-refractivity contribution in [2.45, 2.75) is 32.7 Å². The minimum Gasteiger partial charge on any atom is -0.337 e. The number of rotatable bonds is 1. The molecule has 5 nitrogen and oxygen atoms in total. The van der Waals surface area contributed by atoms with Gasteiger partial charge in [0.1, 0.15) is 6.04 Å². The molecule has 1 saturated heterocycles. The fraction of sp³-hybridized carbons (Fsp3) is 0.667. The van der Waals surface area contributed by atoms with E-state index in [1.54, 1.807) is 18.7 Å². The van der Waals surface area contributed by atoms with Gasteiger partial charge in [0, 0.05) is 13.5 Å². The van der Waals surface area contributed by atoms with Gasteiger partial charge in [0.15, 0.2) is 5.82 Å². The van der Waals surface area contributed by atoms with E-state index in [1.807, 2.05) is 0 Å². The van der Waals surface area contributed by atoms with Gasteiger partial charge < -0.3 is 9.42 Å². The molecule has 0 saturated carbocycles. The van der Waals surface area contributed by atoms with Crippen molar-refractivity contribution >= 4 is 5.91 Å². The van der Waals surface area contributed by atoms with Gasteiger partial charge in [-0.05, 0) is 19.8 Å². The Balaban J connectivity index is 2.21. The Morgan fingerprint density at radius 1 is 1.64 bits per heavy atom. The molecule has 1 aliphatic heterocycles. The van der Waals surface area contributed by atoms with Crippen LogP contribution >= 0.6 is 0 Å². The van der Waals surface area contributed by atoms with Crippen LogP contribution in [0.2, 0.25) is 0 Å². The second-order valence-electron chi connectivity index (χ2n) is 3.55. The first-order chi connectivity index (χ1) is 6.68. The lowest BCUT2D eigenvalue weighted by molar-refractivity contribution is -0.130. The average molecular weight is 195 g/mol. The minimum absolute atomic E-state index is 0.00583. The Bertz CT molecular complexity index is 348. The molecule has 1 aromatic heterocycles. The monoisotopic (exact) mass is 195 g/mol. The number of aryl methyl sites for hydroxylation is 1. The van der Waals surface area contributed by atoms with Gasteiger partial charge in [-0.3, -0.25) is 4.79 Å². The molecule has 2 rings (SSSR count). The van der Waals surface area contributed by atoms with Crippen molar-refractivity contribution in [3.05, 3.63) is 11.7 Å². The maximum Gasteiger partial charge on any atom is 0.249 e. The molecule has 5 heteroatoms. The zero-order valence-electron chi connectivity index (χ0n) is 8.36. The van der Waals surface area contributed by atoms with E-state index in [-0.39, 0.29) is 11.9 Å². The molecule has 1 aliphatic rings. The van der Waals surface area contributed by atoms with Crippen LogP contribution in [0.15, 0.2) is 4.52 Å². The van der Waals surface area contributed by atoms with Crippen LogP contribution in [0.5, 0.6) is 0 Å². The van der Waals surface area contributed by atoms with Crippen LogP contribution in [0.25, 0.3) is 0 Å². The van der Waals surface area contributed by atoms with Crippen molar-refractivity contribution < 1.29 is 9.32 Å². The van der Waals surface area contributed by atoms with E-state index in [2.05, 4.69) is 10.1 Å². The van der Waals surface area contributed by atoms with E-state index in [4.69, 9.17) is 4.52 Å². The molecule has 1 aromatic rings. The number of hydrogen-bond acceptors (Lipinski definition) is 4. The Hall–Kier alpha value is -1.39. The van der Waals surface area contributed by atoms with Crippen LogP contribution in [-0.2, 0) is 4.79 Å². The molecule has 0 aliphatic carbocycles. The third kappa shape index (κ3) is 1.49. The number of amides is 1. The molecule has 1 atom stereocenters. The topological polar surface area (TPSA) is 59.2 Å². The molecule has 1 amide bonds. The van der Waals surface area contributed by atoms with Crippen molar-refractivity contribution in [3.63, 3.8) is 0 Å². The molecule has 0 aromatic carbocycles. The minimum atomic E-state index is -0.00583. The van der Waals surface area contributed by atoms with Crippen molar-refractivity contribution in [3.8, 4) is 0 Å². The number of aromatic nitrogens is 2. The zero-order chi connectivity index (χ0) is 10.1. The van der Waals surface area contributed by atoms with Crippen molar-refractivity contribution in [2.75, 3.05) is 6.54 Å². The highest BCUT2D eigenvalue weighted by molar-refractivity contribution is 5.73. The first-order valence-corrected chi connectivity index (χ1v) is 4.76. The third-order valence-electron chi connectivity index (χ3n) is 2.49. The first-order valence-electron chi connectivity index (χ1n) is 4.76. The summed E-state index contributed by atoms with van der Waals surface area (Å²) in [6.07, 6.45) is 1.92. The standard InChI is InChI=1S/C9H13N3O2/c1-6-10-9(14-11-6)8-4-3-5-12(8)7(2)13/h8H,3-5H2,1-2H3/t8-/m1/s1. The quantitative estimate of drug-likeness (QED) is 0.672. The van der Waals surface area contributed by atoms with Crippen molar-refractivity contribution in [2.24, 2.45) is 0 Å². The SMILES string of the molecule is CC(=O)N1CCC[C@@H]1c1nc(C)no1. The number of hydrogen-bond donors (Lipinski definition) is 0. The zero-order valence-corrected chi connectivity index (χ0v) is 8.36. The summed E-state index contributed by atoms with van der Waals surface area (Å²) in [5.74, 6) is 1.26. The normalized spacial score (nSPS) is 21.6. The van der Waals surface area contributed by atoms with Crippen molar-refractivity contribution in [1.29, 1.82) is 0 Å². The van der Waals surface area contributed by atoms with E-state index in [0.29, 0.717) is 11.7 Å². The van der Waals surface area contributed by atoms with Gasteiger partial charge in [0.25, 0.3) is 0 Å². The van der Waals surface area contributed by atoms with Gasteiger partial charge in [0.05, 0.1) is 0 Å². The summed E-state index contributed by atoms with van der Waals surface area (Å²) >= 11 is 0. The molecule has 0 bridgehead atoms. The smallest absolute Gasteiger partial charge is 0.249 e. The molecular weight excluding hydrogens is 182 g/mol. The lowest BCUT2D eigenvalue weighted by Crippen LogP contribution is -2.28. The molecule has 0 radical (unpaired) electrons. The highest BCUT2D eigenvalue weighted by Gasteiger charge is 2.31. The van der Waals surface area contributed by atoms with Crippen LogP contribution in [0.4, 0.5) is 0 Å². The highest BCUT2D eigenvalue weighted by atomic mass is 16.5. The molecule has 14 heavy (non-hydrogen) atoms. The lowest BCUT2D eigenvalue weighted by Gasteiger charge is -2.19. The van der Waals surface area contributed by atoms with Crippen molar-refractivity contribution in [1.82, 2.24) is 15.0 Å². The Morgan fingerprint density at radius 2 is 2.43 bits per heavy atom. The molecule has 1 fully saturated rings. The summed E-state index contributed by atoms with van der Waals surface area (Å²) in [6, 6.07) is -0.00583. The Morgan fingerprint density at radius 3 is 3.00 bits per heavy atom. The predicted octanol–water partition coefficient (Wildman–Crippen LogP) is 1.06. The molecule has 0 unspecified atom stereocenters. The number of likely N-dealkylation sites (tertiary alicyclic amines) is 1. The number of carbonyl (C=O) groups is 1. The summed E-state index contributed by atoms with van der Waals surface area (Å²) in [4.78, 5) is 17.2. The van der Waals surface area contributed by atoms with Gasteiger partial charge in [-0.15, -0.1) is 0 Å². The maximum absolute atomic E-state index is 11.3. The third-order valence-corrected chi connectivity index (χ3v) is 2.49. The number of carbonyl (C=O) groups excluding carboxylic acids is 1. The van der Waals surface area contributed by atoms with Crippen LogP contribution in [-0.4, -0.2) is 27.5 Å². The molecular formula is C9H13N3O2. The highest BCUT2D eigenvalue weighted by Crippen LogP contribution is 2.30. The average Bonchev–Trinajstić information content (AvgIpc) is 2.70. The van der Waals surface area contributed by atoms with E-state index in [0.717, 1.165) is 19.4 Å². The fourth-order valence-electron chi connectivity index (χ4n) is 1.85. The summed E-state index contributed by atoms with van der Waals surface area (Å²) in [5, 5.41) is 3.73. The summed E-state index contributed by atoms with van der Waals surface area (Å²) < 4.78 is 5.07. The molecule has 2 heterocycles. The van der Waals surface area contributed by atoms with Gasteiger partial charge >= 0.3 is 0 Å². The van der Waals surface area contributed by atoms with Gasteiger partial charge in [-0.25, -0.2) is 0 Å². The summed E-state index contributed by atoms with van der Waals surface area (Å²) in [7, 11) is 0. The molecule has 76 valence electrons. The largest absolute Gasteiger partial charge is 0.337 e. The van der Waals surface area contributed by atoms with Gasteiger partial charge in [-0.1, -0.05) is 5.16 Å². The second kappa shape index (κ2) is 3.40.